The fourth-order valence-electron chi connectivity index (χ4n) is 2.15. The van der Waals surface area contributed by atoms with Gasteiger partial charge in [0.2, 0.25) is 0 Å². The van der Waals surface area contributed by atoms with Gasteiger partial charge in [0.1, 0.15) is 0 Å². The van der Waals surface area contributed by atoms with E-state index in [9.17, 15) is 0 Å². The summed E-state index contributed by atoms with van der Waals surface area (Å²) in [6.45, 7) is 7.80. The standard InChI is InChI=1S/C12H18ClN3/c1-2-15-6-3-7-16(9-8-15)12-4-5-14-10-11(12)13/h4-5,10H,2-3,6-9H2,1H3. The molecule has 1 aromatic rings. The van der Waals surface area contributed by atoms with E-state index in [2.05, 4.69) is 21.7 Å². The summed E-state index contributed by atoms with van der Waals surface area (Å²) in [5.74, 6) is 0. The van der Waals surface area contributed by atoms with Gasteiger partial charge in [-0.2, -0.15) is 0 Å². The molecule has 0 N–H and O–H groups in total. The normalized spacial score (nSPS) is 18.5. The Balaban J connectivity index is 2.08. The van der Waals surface area contributed by atoms with Crippen LogP contribution in [0.3, 0.4) is 0 Å². The number of likely N-dealkylation sites (N-methyl/N-ethyl adjacent to an activating group) is 1. The smallest absolute Gasteiger partial charge is 0.0822 e. The number of pyridine rings is 1. The molecule has 4 heteroatoms. The molecular weight excluding hydrogens is 222 g/mol. The van der Waals surface area contributed by atoms with Crippen molar-refractivity contribution >= 4 is 17.3 Å². The second-order valence-electron chi connectivity index (χ2n) is 4.10. The quantitative estimate of drug-likeness (QED) is 0.789. The van der Waals surface area contributed by atoms with E-state index in [1.807, 2.05) is 12.3 Å². The first-order valence-corrected chi connectivity index (χ1v) is 6.26. The molecule has 2 heterocycles. The van der Waals surface area contributed by atoms with E-state index in [4.69, 9.17) is 11.6 Å². The molecule has 88 valence electrons. The predicted molar refractivity (Wildman–Crippen MR) is 68.2 cm³/mol. The molecule has 0 amide bonds. The summed E-state index contributed by atoms with van der Waals surface area (Å²) in [6.07, 6.45) is 4.73. The van der Waals surface area contributed by atoms with Crippen molar-refractivity contribution in [3.8, 4) is 0 Å². The van der Waals surface area contributed by atoms with Gasteiger partial charge in [-0.3, -0.25) is 4.98 Å². The average molecular weight is 240 g/mol. The van der Waals surface area contributed by atoms with Gasteiger partial charge in [0.25, 0.3) is 0 Å². The maximum absolute atomic E-state index is 6.16. The first-order chi connectivity index (χ1) is 7.81. The molecule has 0 atom stereocenters. The molecular formula is C12H18ClN3. The van der Waals surface area contributed by atoms with Crippen molar-refractivity contribution in [3.63, 3.8) is 0 Å². The Morgan fingerprint density at radius 1 is 1.31 bits per heavy atom. The van der Waals surface area contributed by atoms with Gasteiger partial charge in [-0.05, 0) is 25.6 Å². The zero-order valence-corrected chi connectivity index (χ0v) is 10.5. The number of halogens is 1. The Hall–Kier alpha value is -0.800. The lowest BCUT2D eigenvalue weighted by molar-refractivity contribution is 0.310. The van der Waals surface area contributed by atoms with Crippen molar-refractivity contribution < 1.29 is 0 Å². The monoisotopic (exact) mass is 239 g/mol. The van der Waals surface area contributed by atoms with E-state index in [1.165, 1.54) is 13.0 Å². The molecule has 0 aliphatic carbocycles. The van der Waals surface area contributed by atoms with Crippen LogP contribution in [0.5, 0.6) is 0 Å². The minimum absolute atomic E-state index is 0.757. The molecule has 0 aromatic carbocycles. The number of anilines is 1. The maximum atomic E-state index is 6.16. The molecule has 16 heavy (non-hydrogen) atoms. The minimum atomic E-state index is 0.757. The van der Waals surface area contributed by atoms with Crippen molar-refractivity contribution in [2.45, 2.75) is 13.3 Å². The van der Waals surface area contributed by atoms with Crippen LogP contribution < -0.4 is 4.90 Å². The third kappa shape index (κ3) is 2.66. The summed E-state index contributed by atoms with van der Waals surface area (Å²) < 4.78 is 0. The van der Waals surface area contributed by atoms with E-state index in [0.717, 1.165) is 36.9 Å². The van der Waals surface area contributed by atoms with Crippen LogP contribution in [-0.4, -0.2) is 42.6 Å². The van der Waals surface area contributed by atoms with Crippen molar-refractivity contribution in [2.24, 2.45) is 0 Å². The lowest BCUT2D eigenvalue weighted by Gasteiger charge is -2.23. The highest BCUT2D eigenvalue weighted by Crippen LogP contribution is 2.24. The van der Waals surface area contributed by atoms with Crippen LogP contribution in [-0.2, 0) is 0 Å². The van der Waals surface area contributed by atoms with Crippen LogP contribution in [0.25, 0.3) is 0 Å². The van der Waals surface area contributed by atoms with Gasteiger partial charge in [-0.1, -0.05) is 18.5 Å². The molecule has 0 saturated carbocycles. The average Bonchev–Trinajstić information content (AvgIpc) is 2.55. The SMILES string of the molecule is CCN1CCCN(c2ccncc2Cl)CC1. The number of nitrogens with zero attached hydrogens (tertiary/aromatic N) is 3. The zero-order valence-electron chi connectivity index (χ0n) is 9.69. The highest BCUT2D eigenvalue weighted by Gasteiger charge is 2.15. The van der Waals surface area contributed by atoms with Gasteiger partial charge in [-0.25, -0.2) is 0 Å². The van der Waals surface area contributed by atoms with E-state index in [1.54, 1.807) is 6.20 Å². The van der Waals surface area contributed by atoms with Gasteiger partial charge < -0.3 is 9.80 Å². The van der Waals surface area contributed by atoms with Crippen molar-refractivity contribution in [1.29, 1.82) is 0 Å². The molecule has 3 nitrogen and oxygen atoms in total. The highest BCUT2D eigenvalue weighted by atomic mass is 35.5. The molecule has 1 fully saturated rings. The van der Waals surface area contributed by atoms with Gasteiger partial charge in [0.15, 0.2) is 0 Å². The van der Waals surface area contributed by atoms with Crippen molar-refractivity contribution in [3.05, 3.63) is 23.5 Å². The second kappa shape index (κ2) is 5.51. The molecule has 0 radical (unpaired) electrons. The Labute approximate surface area is 102 Å². The van der Waals surface area contributed by atoms with Crippen LogP contribution in [0.1, 0.15) is 13.3 Å². The van der Waals surface area contributed by atoms with Gasteiger partial charge in [-0.15, -0.1) is 0 Å². The largest absolute Gasteiger partial charge is 0.369 e. The summed E-state index contributed by atoms with van der Waals surface area (Å²) in [4.78, 5) is 8.87. The molecule has 0 bridgehead atoms. The minimum Gasteiger partial charge on any atom is -0.369 e. The molecule has 1 aliphatic heterocycles. The zero-order chi connectivity index (χ0) is 11.4. The first-order valence-electron chi connectivity index (χ1n) is 5.88. The second-order valence-corrected chi connectivity index (χ2v) is 4.51. The van der Waals surface area contributed by atoms with Crippen LogP contribution in [0.4, 0.5) is 5.69 Å². The third-order valence-electron chi connectivity index (χ3n) is 3.13. The summed E-state index contributed by atoms with van der Waals surface area (Å²) in [6, 6.07) is 2.00. The van der Waals surface area contributed by atoms with Gasteiger partial charge >= 0.3 is 0 Å². The van der Waals surface area contributed by atoms with E-state index < -0.39 is 0 Å². The third-order valence-corrected chi connectivity index (χ3v) is 3.42. The summed E-state index contributed by atoms with van der Waals surface area (Å²) in [7, 11) is 0. The van der Waals surface area contributed by atoms with E-state index >= 15 is 0 Å². The fourth-order valence-corrected chi connectivity index (χ4v) is 2.39. The topological polar surface area (TPSA) is 19.4 Å². The predicted octanol–water partition coefficient (Wildman–Crippen LogP) is 2.27. The van der Waals surface area contributed by atoms with E-state index in [0.29, 0.717) is 0 Å². The number of aromatic nitrogens is 1. The van der Waals surface area contributed by atoms with Gasteiger partial charge in [0.05, 0.1) is 10.7 Å². The van der Waals surface area contributed by atoms with Crippen molar-refractivity contribution in [1.82, 2.24) is 9.88 Å². The Morgan fingerprint density at radius 3 is 2.94 bits per heavy atom. The Kier molecular flexibility index (Phi) is 4.02. The summed E-state index contributed by atoms with van der Waals surface area (Å²) >= 11 is 6.16. The molecule has 1 saturated heterocycles. The molecule has 2 rings (SSSR count). The molecule has 0 spiro atoms. The van der Waals surface area contributed by atoms with Crippen molar-refractivity contribution in [2.75, 3.05) is 37.6 Å². The van der Waals surface area contributed by atoms with Crippen LogP contribution in [0.15, 0.2) is 18.5 Å². The first kappa shape index (κ1) is 11.7. The number of hydrogen-bond donors (Lipinski definition) is 0. The van der Waals surface area contributed by atoms with Crippen LogP contribution in [0, 0.1) is 0 Å². The number of hydrogen-bond acceptors (Lipinski definition) is 3. The highest BCUT2D eigenvalue weighted by molar-refractivity contribution is 6.33. The van der Waals surface area contributed by atoms with Gasteiger partial charge in [0, 0.05) is 32.0 Å². The maximum Gasteiger partial charge on any atom is 0.0822 e. The molecule has 1 aliphatic rings. The summed E-state index contributed by atoms with van der Waals surface area (Å²) in [5, 5.41) is 0.757. The lowest BCUT2D eigenvalue weighted by atomic mass is 10.3. The van der Waals surface area contributed by atoms with Crippen LogP contribution >= 0.6 is 11.6 Å². The Bertz CT molecular complexity index is 343. The molecule has 0 unspecified atom stereocenters. The lowest BCUT2D eigenvalue weighted by Crippen LogP contribution is -2.30. The fraction of sp³-hybridized carbons (Fsp3) is 0.583. The molecule has 1 aromatic heterocycles. The number of rotatable bonds is 2. The summed E-state index contributed by atoms with van der Waals surface area (Å²) in [5.41, 5.74) is 1.12. The Morgan fingerprint density at radius 2 is 2.19 bits per heavy atom. The van der Waals surface area contributed by atoms with Crippen LogP contribution in [0.2, 0.25) is 5.02 Å². The van der Waals surface area contributed by atoms with E-state index in [-0.39, 0.29) is 0 Å².